The Balaban J connectivity index is 1.97. The molecular formula is C20H27FN4O3. The second-order valence-electron chi connectivity index (χ2n) is 7.50. The van der Waals surface area contributed by atoms with Gasteiger partial charge in [0.2, 0.25) is 0 Å². The SMILES string of the molecule is COc1cc(-c2onc(N(C)C)c2C(=O)N[C@@H]2CCC[C@H]2N(C)C)ccc1F. The Labute approximate surface area is 164 Å². The van der Waals surface area contributed by atoms with Crippen LogP contribution in [0.1, 0.15) is 29.6 Å². The number of nitrogens with zero attached hydrogens (tertiary/aromatic N) is 3. The molecule has 1 amide bonds. The van der Waals surface area contributed by atoms with Crippen LogP contribution in [0.2, 0.25) is 0 Å². The second-order valence-corrected chi connectivity index (χ2v) is 7.50. The Kier molecular flexibility index (Phi) is 5.88. The number of nitrogens with one attached hydrogen (secondary N) is 1. The Bertz CT molecular complexity index is 850. The first-order valence-electron chi connectivity index (χ1n) is 9.31. The molecule has 8 heteroatoms. The zero-order valence-electron chi connectivity index (χ0n) is 17.0. The van der Waals surface area contributed by atoms with E-state index in [4.69, 9.17) is 9.26 Å². The van der Waals surface area contributed by atoms with Crippen LogP contribution in [-0.2, 0) is 0 Å². The monoisotopic (exact) mass is 390 g/mol. The maximum Gasteiger partial charge on any atom is 0.259 e. The minimum Gasteiger partial charge on any atom is -0.494 e. The van der Waals surface area contributed by atoms with E-state index >= 15 is 0 Å². The van der Waals surface area contributed by atoms with Crippen molar-refractivity contribution in [1.29, 1.82) is 0 Å². The normalized spacial score (nSPS) is 19.1. The number of carbonyl (C=O) groups is 1. The molecule has 0 saturated heterocycles. The molecule has 1 saturated carbocycles. The van der Waals surface area contributed by atoms with E-state index in [1.54, 1.807) is 25.1 Å². The largest absolute Gasteiger partial charge is 0.494 e. The number of rotatable bonds is 6. The first-order valence-corrected chi connectivity index (χ1v) is 9.31. The van der Waals surface area contributed by atoms with Gasteiger partial charge >= 0.3 is 0 Å². The molecule has 0 spiro atoms. The Hall–Kier alpha value is -2.61. The van der Waals surface area contributed by atoms with Gasteiger partial charge in [0.1, 0.15) is 5.56 Å². The number of halogens is 1. The molecular weight excluding hydrogens is 363 g/mol. The van der Waals surface area contributed by atoms with Gasteiger partial charge in [-0.2, -0.15) is 0 Å². The van der Waals surface area contributed by atoms with Crippen molar-refractivity contribution < 1.29 is 18.4 Å². The number of carbonyl (C=O) groups excluding carboxylic acids is 1. The lowest BCUT2D eigenvalue weighted by Crippen LogP contribution is -2.46. The van der Waals surface area contributed by atoms with Gasteiger partial charge in [-0.05, 0) is 51.6 Å². The van der Waals surface area contributed by atoms with Gasteiger partial charge in [0, 0.05) is 31.7 Å². The van der Waals surface area contributed by atoms with Gasteiger partial charge in [0.15, 0.2) is 23.1 Å². The van der Waals surface area contributed by atoms with E-state index in [1.165, 1.54) is 19.2 Å². The maximum atomic E-state index is 13.8. The highest BCUT2D eigenvalue weighted by atomic mass is 19.1. The van der Waals surface area contributed by atoms with Crippen LogP contribution in [0.25, 0.3) is 11.3 Å². The molecule has 28 heavy (non-hydrogen) atoms. The highest BCUT2D eigenvalue weighted by Gasteiger charge is 2.33. The van der Waals surface area contributed by atoms with Gasteiger partial charge in [0.05, 0.1) is 7.11 Å². The van der Waals surface area contributed by atoms with Crippen LogP contribution < -0.4 is 15.0 Å². The number of hydrogen-bond acceptors (Lipinski definition) is 6. The van der Waals surface area contributed by atoms with Crippen molar-refractivity contribution in [3.8, 4) is 17.1 Å². The predicted molar refractivity (Wildman–Crippen MR) is 105 cm³/mol. The lowest BCUT2D eigenvalue weighted by molar-refractivity contribution is 0.0920. The van der Waals surface area contributed by atoms with Gasteiger partial charge in [0.25, 0.3) is 5.91 Å². The van der Waals surface area contributed by atoms with E-state index in [9.17, 15) is 9.18 Å². The lowest BCUT2D eigenvalue weighted by atomic mass is 10.1. The summed E-state index contributed by atoms with van der Waals surface area (Å²) < 4.78 is 24.4. The Morgan fingerprint density at radius 3 is 2.68 bits per heavy atom. The molecule has 0 radical (unpaired) electrons. The van der Waals surface area contributed by atoms with Crippen LogP contribution >= 0.6 is 0 Å². The number of hydrogen-bond donors (Lipinski definition) is 1. The van der Waals surface area contributed by atoms with E-state index in [2.05, 4.69) is 15.4 Å². The minimum absolute atomic E-state index is 0.0583. The highest BCUT2D eigenvalue weighted by Crippen LogP contribution is 2.34. The number of ether oxygens (including phenoxy) is 1. The molecule has 1 aliphatic rings. The second kappa shape index (κ2) is 8.18. The summed E-state index contributed by atoms with van der Waals surface area (Å²) in [6.45, 7) is 0. The van der Waals surface area contributed by atoms with Crippen LogP contribution in [0.15, 0.2) is 22.7 Å². The van der Waals surface area contributed by atoms with Gasteiger partial charge in [-0.3, -0.25) is 4.79 Å². The summed E-state index contributed by atoms with van der Waals surface area (Å²) in [4.78, 5) is 17.1. The van der Waals surface area contributed by atoms with Crippen LogP contribution in [-0.4, -0.2) is 63.3 Å². The number of methoxy groups -OCH3 is 1. The van der Waals surface area contributed by atoms with Gasteiger partial charge in [-0.15, -0.1) is 0 Å². The topological polar surface area (TPSA) is 70.8 Å². The molecule has 0 aliphatic heterocycles. The van der Waals surface area contributed by atoms with Crippen molar-refractivity contribution in [2.45, 2.75) is 31.3 Å². The Morgan fingerprint density at radius 1 is 1.29 bits per heavy atom. The summed E-state index contributed by atoms with van der Waals surface area (Å²) in [5.41, 5.74) is 0.864. The third-order valence-electron chi connectivity index (χ3n) is 5.20. The van der Waals surface area contributed by atoms with Crippen LogP contribution in [0, 0.1) is 5.82 Å². The fraction of sp³-hybridized carbons (Fsp3) is 0.500. The molecule has 152 valence electrons. The molecule has 0 bridgehead atoms. The van der Waals surface area contributed by atoms with Gasteiger partial charge in [-0.25, -0.2) is 4.39 Å². The quantitative estimate of drug-likeness (QED) is 0.818. The van der Waals surface area contributed by atoms with Crippen molar-refractivity contribution in [3.05, 3.63) is 29.6 Å². The van der Waals surface area contributed by atoms with Crippen LogP contribution in [0.4, 0.5) is 10.2 Å². The third-order valence-corrected chi connectivity index (χ3v) is 5.20. The van der Waals surface area contributed by atoms with Gasteiger partial charge < -0.3 is 24.4 Å². The summed E-state index contributed by atoms with van der Waals surface area (Å²) in [5.74, 6) is 0.0654. The van der Waals surface area contributed by atoms with Crippen molar-refractivity contribution in [3.63, 3.8) is 0 Å². The number of likely N-dealkylation sites (N-methyl/N-ethyl adjacent to an activating group) is 1. The number of amides is 1. The van der Waals surface area contributed by atoms with E-state index in [1.807, 2.05) is 14.1 Å². The summed E-state index contributed by atoms with van der Waals surface area (Å²) in [6, 6.07) is 4.69. The molecule has 1 fully saturated rings. The fourth-order valence-electron chi connectivity index (χ4n) is 3.76. The average molecular weight is 390 g/mol. The predicted octanol–water partition coefficient (Wildman–Crippen LogP) is 2.77. The van der Waals surface area contributed by atoms with Crippen LogP contribution in [0.5, 0.6) is 5.75 Å². The summed E-state index contributed by atoms with van der Waals surface area (Å²) in [5, 5.41) is 7.21. The number of aromatic nitrogens is 1. The number of anilines is 1. The van der Waals surface area contributed by atoms with Crippen LogP contribution in [0.3, 0.4) is 0 Å². The van der Waals surface area contributed by atoms with E-state index < -0.39 is 5.82 Å². The van der Waals surface area contributed by atoms with E-state index in [0.717, 1.165) is 19.3 Å². The van der Waals surface area contributed by atoms with Gasteiger partial charge in [-0.1, -0.05) is 5.16 Å². The standard InChI is InChI=1S/C20H27FN4O3/c1-24(2)15-8-6-7-14(15)22-20(26)17-18(28-23-19(17)25(3)4)12-9-10-13(21)16(11-12)27-5/h9-11,14-15H,6-8H2,1-5H3,(H,22,26)/t14-,15-/m1/s1. The molecule has 2 aromatic rings. The third kappa shape index (κ3) is 3.82. The number of benzene rings is 1. The maximum absolute atomic E-state index is 13.8. The minimum atomic E-state index is -0.482. The molecule has 1 N–H and O–H groups in total. The van der Waals surface area contributed by atoms with E-state index in [-0.39, 0.29) is 17.7 Å². The first-order chi connectivity index (χ1) is 13.3. The van der Waals surface area contributed by atoms with Crippen molar-refractivity contribution in [2.24, 2.45) is 0 Å². The first kappa shape index (κ1) is 20.1. The molecule has 0 unspecified atom stereocenters. The molecule has 3 rings (SSSR count). The lowest BCUT2D eigenvalue weighted by Gasteiger charge is -2.27. The summed E-state index contributed by atoms with van der Waals surface area (Å²) in [7, 11) is 9.03. The summed E-state index contributed by atoms with van der Waals surface area (Å²) in [6.07, 6.45) is 3.04. The molecule has 1 aromatic carbocycles. The Morgan fingerprint density at radius 2 is 2.04 bits per heavy atom. The van der Waals surface area contributed by atoms with Crippen molar-refractivity contribution in [2.75, 3.05) is 40.2 Å². The zero-order valence-corrected chi connectivity index (χ0v) is 17.0. The van der Waals surface area contributed by atoms with Crippen molar-refractivity contribution >= 4 is 11.7 Å². The smallest absolute Gasteiger partial charge is 0.259 e. The molecule has 7 nitrogen and oxygen atoms in total. The average Bonchev–Trinajstić information content (AvgIpc) is 3.29. The zero-order chi connectivity index (χ0) is 20.4. The molecule has 2 atom stereocenters. The van der Waals surface area contributed by atoms with Crippen molar-refractivity contribution in [1.82, 2.24) is 15.4 Å². The fourth-order valence-corrected chi connectivity index (χ4v) is 3.76. The summed E-state index contributed by atoms with van der Waals surface area (Å²) >= 11 is 0. The highest BCUT2D eigenvalue weighted by molar-refractivity contribution is 6.04. The molecule has 1 heterocycles. The molecule has 1 aromatic heterocycles. The molecule has 1 aliphatic carbocycles. The van der Waals surface area contributed by atoms with E-state index in [0.29, 0.717) is 28.7 Å².